The summed E-state index contributed by atoms with van der Waals surface area (Å²) in [6.07, 6.45) is 1.58. The van der Waals surface area contributed by atoms with Crippen LogP contribution in [0.3, 0.4) is 0 Å². The highest BCUT2D eigenvalue weighted by Crippen LogP contribution is 2.15. The molecule has 7 heteroatoms. The summed E-state index contributed by atoms with van der Waals surface area (Å²) in [4.78, 5) is 28.8. The van der Waals surface area contributed by atoms with E-state index in [1.165, 1.54) is 0 Å². The third-order valence-electron chi connectivity index (χ3n) is 3.03. The largest absolute Gasteiger partial charge is 0.480 e. The number of aliphatic carboxylic acids is 1. The smallest absolute Gasteiger partial charge is 0.323 e. The highest BCUT2D eigenvalue weighted by Gasteiger charge is 2.34. The van der Waals surface area contributed by atoms with E-state index >= 15 is 0 Å². The second-order valence-corrected chi connectivity index (χ2v) is 5.70. The summed E-state index contributed by atoms with van der Waals surface area (Å²) in [5, 5.41) is 11.8. The zero-order chi connectivity index (χ0) is 15.3. The van der Waals surface area contributed by atoms with Crippen LogP contribution in [0.25, 0.3) is 0 Å². The quantitative estimate of drug-likeness (QED) is 0.825. The van der Waals surface area contributed by atoms with Crippen molar-refractivity contribution in [2.45, 2.75) is 26.3 Å². The van der Waals surface area contributed by atoms with Crippen LogP contribution >= 0.6 is 15.9 Å². The number of pyridine rings is 1. The number of carbonyl (C=O) groups is 2. The van der Waals surface area contributed by atoms with E-state index in [4.69, 9.17) is 0 Å². The molecule has 0 radical (unpaired) electrons. The summed E-state index contributed by atoms with van der Waals surface area (Å²) in [7, 11) is 0. The zero-order valence-electron chi connectivity index (χ0n) is 11.7. The Morgan fingerprint density at radius 3 is 2.55 bits per heavy atom. The Kier molecular flexibility index (Phi) is 5.64. The van der Waals surface area contributed by atoms with Crippen molar-refractivity contribution in [1.29, 1.82) is 0 Å². The van der Waals surface area contributed by atoms with Crippen molar-refractivity contribution in [1.82, 2.24) is 9.88 Å². The van der Waals surface area contributed by atoms with E-state index in [9.17, 15) is 14.7 Å². The average Bonchev–Trinajstić information content (AvgIpc) is 2.38. The molecule has 0 bridgehead atoms. The molecule has 1 rings (SSSR count). The first kappa shape index (κ1) is 16.6. The first-order chi connectivity index (χ1) is 9.27. The molecule has 0 aliphatic rings. The van der Waals surface area contributed by atoms with E-state index in [0.29, 0.717) is 12.4 Å². The van der Waals surface area contributed by atoms with Crippen molar-refractivity contribution in [2.24, 2.45) is 0 Å². The number of anilines is 1. The molecular formula is C13H18BrN3O3. The maximum absolute atomic E-state index is 11.9. The minimum absolute atomic E-state index is 0.00640. The summed E-state index contributed by atoms with van der Waals surface area (Å²) in [5.74, 6) is -0.827. The monoisotopic (exact) mass is 343 g/mol. The second kappa shape index (κ2) is 6.81. The number of carboxylic acid groups (broad SMARTS) is 1. The third kappa shape index (κ3) is 4.28. The molecule has 0 atom stereocenters. The number of amides is 1. The van der Waals surface area contributed by atoms with Crippen LogP contribution in [0.5, 0.6) is 0 Å². The molecule has 0 aliphatic heterocycles. The Morgan fingerprint density at radius 1 is 1.45 bits per heavy atom. The van der Waals surface area contributed by atoms with E-state index in [1.54, 1.807) is 37.1 Å². The van der Waals surface area contributed by atoms with Gasteiger partial charge < -0.3 is 10.4 Å². The standard InChI is InChI=1S/C13H18BrN3O3/c1-4-17(13(2,3)12(19)20)8-11(18)16-10-6-5-9(14)7-15-10/h5-7H,4,8H2,1-3H3,(H,19,20)(H,15,16,18). The van der Waals surface area contributed by atoms with E-state index in [2.05, 4.69) is 26.2 Å². The zero-order valence-corrected chi connectivity index (χ0v) is 13.3. The molecule has 1 amide bonds. The van der Waals surface area contributed by atoms with Crippen molar-refractivity contribution in [2.75, 3.05) is 18.4 Å². The van der Waals surface area contributed by atoms with E-state index in [1.807, 2.05) is 6.92 Å². The van der Waals surface area contributed by atoms with E-state index < -0.39 is 11.5 Å². The van der Waals surface area contributed by atoms with Gasteiger partial charge in [0.05, 0.1) is 6.54 Å². The number of likely N-dealkylation sites (N-methyl/N-ethyl adjacent to an activating group) is 1. The molecule has 1 aromatic heterocycles. The fourth-order valence-corrected chi connectivity index (χ4v) is 1.88. The molecule has 0 fully saturated rings. The van der Waals surface area contributed by atoms with Gasteiger partial charge in [-0.05, 0) is 48.5 Å². The third-order valence-corrected chi connectivity index (χ3v) is 3.49. The SMILES string of the molecule is CCN(CC(=O)Nc1ccc(Br)cn1)C(C)(C)C(=O)O. The Bertz CT molecular complexity index is 488. The minimum Gasteiger partial charge on any atom is -0.480 e. The lowest BCUT2D eigenvalue weighted by atomic mass is 10.0. The summed E-state index contributed by atoms with van der Waals surface area (Å²) < 4.78 is 0.817. The molecule has 20 heavy (non-hydrogen) atoms. The van der Waals surface area contributed by atoms with Crippen molar-refractivity contribution >= 4 is 33.6 Å². The van der Waals surface area contributed by atoms with Gasteiger partial charge >= 0.3 is 5.97 Å². The van der Waals surface area contributed by atoms with Gasteiger partial charge in [-0.3, -0.25) is 14.5 Å². The average molecular weight is 344 g/mol. The van der Waals surface area contributed by atoms with Crippen molar-refractivity contribution in [3.63, 3.8) is 0 Å². The fourth-order valence-electron chi connectivity index (χ4n) is 1.65. The van der Waals surface area contributed by atoms with Crippen LogP contribution in [0, 0.1) is 0 Å². The summed E-state index contributed by atoms with van der Waals surface area (Å²) >= 11 is 3.26. The van der Waals surface area contributed by atoms with Gasteiger partial charge in [-0.2, -0.15) is 0 Å². The number of nitrogens with zero attached hydrogens (tertiary/aromatic N) is 2. The highest BCUT2D eigenvalue weighted by molar-refractivity contribution is 9.10. The molecule has 0 saturated carbocycles. The lowest BCUT2D eigenvalue weighted by molar-refractivity contribution is -0.149. The number of halogens is 1. The predicted molar refractivity (Wildman–Crippen MR) is 79.5 cm³/mol. The van der Waals surface area contributed by atoms with Crippen LogP contribution in [-0.4, -0.2) is 45.5 Å². The first-order valence-corrected chi connectivity index (χ1v) is 6.96. The van der Waals surface area contributed by atoms with Crippen LogP contribution < -0.4 is 5.32 Å². The Labute approximate surface area is 126 Å². The molecule has 1 aromatic rings. The van der Waals surface area contributed by atoms with Gasteiger partial charge in [-0.15, -0.1) is 0 Å². The number of hydrogen-bond acceptors (Lipinski definition) is 4. The van der Waals surface area contributed by atoms with Gasteiger partial charge in [-0.1, -0.05) is 6.92 Å². The van der Waals surface area contributed by atoms with Crippen LogP contribution in [0.15, 0.2) is 22.8 Å². The highest BCUT2D eigenvalue weighted by atomic mass is 79.9. The van der Waals surface area contributed by atoms with Gasteiger partial charge in [0, 0.05) is 10.7 Å². The molecule has 0 unspecified atom stereocenters. The van der Waals surface area contributed by atoms with Crippen molar-refractivity contribution in [3.8, 4) is 0 Å². The number of carboxylic acids is 1. The summed E-state index contributed by atoms with van der Waals surface area (Å²) in [6, 6.07) is 3.43. The van der Waals surface area contributed by atoms with Crippen LogP contribution in [-0.2, 0) is 9.59 Å². The summed E-state index contributed by atoms with van der Waals surface area (Å²) in [5.41, 5.74) is -1.10. The fraction of sp³-hybridized carbons (Fsp3) is 0.462. The minimum atomic E-state index is -1.10. The Hall–Kier alpha value is -1.47. The van der Waals surface area contributed by atoms with E-state index in [0.717, 1.165) is 4.47 Å². The lowest BCUT2D eigenvalue weighted by Crippen LogP contribution is -2.52. The predicted octanol–water partition coefficient (Wildman–Crippen LogP) is 1.97. The molecule has 0 spiro atoms. The van der Waals surface area contributed by atoms with Crippen LogP contribution in [0.1, 0.15) is 20.8 Å². The first-order valence-electron chi connectivity index (χ1n) is 6.17. The number of hydrogen-bond donors (Lipinski definition) is 2. The number of nitrogens with one attached hydrogen (secondary N) is 1. The molecule has 110 valence electrons. The molecule has 6 nitrogen and oxygen atoms in total. The Balaban J connectivity index is 2.69. The van der Waals surface area contributed by atoms with Crippen molar-refractivity contribution in [3.05, 3.63) is 22.8 Å². The van der Waals surface area contributed by atoms with Gasteiger partial charge in [-0.25, -0.2) is 4.98 Å². The van der Waals surface area contributed by atoms with Gasteiger partial charge in [0.1, 0.15) is 11.4 Å². The normalized spacial score (nSPS) is 11.4. The van der Waals surface area contributed by atoms with Gasteiger partial charge in [0.2, 0.25) is 5.91 Å². The maximum atomic E-state index is 11.9. The van der Waals surface area contributed by atoms with E-state index in [-0.39, 0.29) is 12.5 Å². The number of carbonyl (C=O) groups excluding carboxylic acids is 1. The molecule has 1 heterocycles. The van der Waals surface area contributed by atoms with Crippen molar-refractivity contribution < 1.29 is 14.7 Å². The second-order valence-electron chi connectivity index (χ2n) is 4.79. The number of rotatable bonds is 6. The molecular weight excluding hydrogens is 326 g/mol. The summed E-state index contributed by atoms with van der Waals surface area (Å²) in [6.45, 7) is 5.41. The number of aromatic nitrogens is 1. The van der Waals surface area contributed by atoms with Crippen LogP contribution in [0.2, 0.25) is 0 Å². The molecule has 0 aliphatic carbocycles. The molecule has 2 N–H and O–H groups in total. The van der Waals surface area contributed by atoms with Crippen LogP contribution in [0.4, 0.5) is 5.82 Å². The van der Waals surface area contributed by atoms with Gasteiger partial charge in [0.15, 0.2) is 0 Å². The topological polar surface area (TPSA) is 82.5 Å². The molecule has 0 aromatic carbocycles. The maximum Gasteiger partial charge on any atom is 0.323 e. The van der Waals surface area contributed by atoms with Gasteiger partial charge in [0.25, 0.3) is 0 Å². The molecule has 0 saturated heterocycles. The lowest BCUT2D eigenvalue weighted by Gasteiger charge is -2.33. The Morgan fingerprint density at radius 2 is 2.10 bits per heavy atom.